The van der Waals surface area contributed by atoms with Crippen LogP contribution in [0.2, 0.25) is 0 Å². The van der Waals surface area contributed by atoms with Crippen molar-refractivity contribution in [3.05, 3.63) is 12.7 Å². The summed E-state index contributed by atoms with van der Waals surface area (Å²) in [7, 11) is 0. The third kappa shape index (κ3) is 2.30. The van der Waals surface area contributed by atoms with E-state index in [0.29, 0.717) is 19.1 Å². The van der Waals surface area contributed by atoms with E-state index < -0.39 is 5.54 Å². The molecule has 72 valence electrons. The minimum absolute atomic E-state index is 0.303. The number of rotatable bonds is 4. The lowest BCUT2D eigenvalue weighted by Crippen LogP contribution is -2.48. The zero-order chi connectivity index (χ0) is 9.73. The maximum Gasteiger partial charge on any atom is 0.109 e. The molecule has 2 unspecified atom stereocenters. The fourth-order valence-electron chi connectivity index (χ4n) is 1.55. The monoisotopic (exact) mass is 180 g/mol. The molecule has 1 aliphatic heterocycles. The van der Waals surface area contributed by atoms with E-state index in [0.717, 1.165) is 13.0 Å². The highest BCUT2D eigenvalue weighted by Crippen LogP contribution is 2.25. The van der Waals surface area contributed by atoms with Crippen LogP contribution >= 0.6 is 0 Å². The highest BCUT2D eigenvalue weighted by atomic mass is 16.5. The topological polar surface area (TPSA) is 45.0 Å². The summed E-state index contributed by atoms with van der Waals surface area (Å²) in [5, 5.41) is 12.2. The second kappa shape index (κ2) is 4.40. The molecule has 0 aliphatic carbocycles. The summed E-state index contributed by atoms with van der Waals surface area (Å²) in [6.07, 6.45) is 2.74. The molecule has 1 fully saturated rings. The molecule has 1 heterocycles. The Balaban J connectivity index is 2.57. The van der Waals surface area contributed by atoms with Crippen molar-refractivity contribution in [1.82, 2.24) is 5.32 Å². The Hall–Kier alpha value is -0.850. The van der Waals surface area contributed by atoms with Crippen LogP contribution in [0.5, 0.6) is 0 Å². The molecule has 0 bridgehead atoms. The molecule has 3 nitrogen and oxygen atoms in total. The number of hydrogen-bond acceptors (Lipinski definition) is 3. The molecular weight excluding hydrogens is 164 g/mol. The molecule has 0 aromatic rings. The molecule has 13 heavy (non-hydrogen) atoms. The quantitative estimate of drug-likeness (QED) is 0.658. The number of hydrogen-bond donors (Lipinski definition) is 1. The lowest BCUT2D eigenvalue weighted by atomic mass is 9.86. The van der Waals surface area contributed by atoms with Gasteiger partial charge in [-0.1, -0.05) is 6.08 Å². The van der Waals surface area contributed by atoms with Gasteiger partial charge in [-0.3, -0.25) is 5.32 Å². The second-order valence-electron chi connectivity index (χ2n) is 3.54. The predicted molar refractivity (Wildman–Crippen MR) is 51.1 cm³/mol. The summed E-state index contributed by atoms with van der Waals surface area (Å²) in [6, 6.07) is 2.32. The number of nitrogens with one attached hydrogen (secondary N) is 1. The molecule has 1 saturated heterocycles. The van der Waals surface area contributed by atoms with E-state index in [-0.39, 0.29) is 0 Å². The Morgan fingerprint density at radius 3 is 3.08 bits per heavy atom. The number of nitriles is 1. The van der Waals surface area contributed by atoms with Crippen LogP contribution < -0.4 is 5.32 Å². The van der Waals surface area contributed by atoms with Crippen molar-refractivity contribution in [2.45, 2.75) is 18.9 Å². The van der Waals surface area contributed by atoms with Crippen molar-refractivity contribution in [2.75, 3.05) is 19.8 Å². The molecule has 1 N–H and O–H groups in total. The van der Waals surface area contributed by atoms with E-state index in [9.17, 15) is 0 Å². The first-order chi connectivity index (χ1) is 6.23. The van der Waals surface area contributed by atoms with Gasteiger partial charge in [-0.05, 0) is 13.3 Å². The summed E-state index contributed by atoms with van der Waals surface area (Å²) in [4.78, 5) is 0. The smallest absolute Gasteiger partial charge is 0.109 e. The fourth-order valence-corrected chi connectivity index (χ4v) is 1.55. The van der Waals surface area contributed by atoms with E-state index in [1.54, 1.807) is 6.08 Å². The largest absolute Gasteiger partial charge is 0.381 e. The lowest BCUT2D eigenvalue weighted by Gasteiger charge is -2.28. The normalized spacial score (nSPS) is 26.3. The maximum atomic E-state index is 9.07. The lowest BCUT2D eigenvalue weighted by molar-refractivity contribution is 0.169. The molecule has 1 aliphatic rings. The van der Waals surface area contributed by atoms with Gasteiger partial charge in [-0.25, -0.2) is 0 Å². The first-order valence-electron chi connectivity index (χ1n) is 4.58. The Labute approximate surface area is 79.4 Å². The average Bonchev–Trinajstić information content (AvgIpc) is 2.67. The van der Waals surface area contributed by atoms with Gasteiger partial charge in [0.15, 0.2) is 0 Å². The molecule has 0 radical (unpaired) electrons. The van der Waals surface area contributed by atoms with Gasteiger partial charge in [0.2, 0.25) is 0 Å². The minimum atomic E-state index is -0.468. The van der Waals surface area contributed by atoms with E-state index in [2.05, 4.69) is 18.0 Å². The molecule has 3 heteroatoms. The molecule has 1 rings (SSSR count). The van der Waals surface area contributed by atoms with Crippen LogP contribution in [0.15, 0.2) is 12.7 Å². The van der Waals surface area contributed by atoms with Crippen molar-refractivity contribution >= 4 is 0 Å². The molecule has 0 amide bonds. The number of ether oxygens (including phenoxy) is 1. The van der Waals surface area contributed by atoms with Gasteiger partial charge in [0.1, 0.15) is 5.54 Å². The van der Waals surface area contributed by atoms with Crippen molar-refractivity contribution in [3.8, 4) is 6.07 Å². The minimum Gasteiger partial charge on any atom is -0.381 e. The average molecular weight is 180 g/mol. The van der Waals surface area contributed by atoms with Crippen molar-refractivity contribution in [3.63, 3.8) is 0 Å². The molecular formula is C10H16N2O. The first-order valence-corrected chi connectivity index (χ1v) is 4.58. The SMILES string of the molecule is C=CCNC(C)(C#N)C1CCOC1. The summed E-state index contributed by atoms with van der Waals surface area (Å²) in [5.41, 5.74) is -0.468. The van der Waals surface area contributed by atoms with Crippen LogP contribution in [0, 0.1) is 17.2 Å². The Bertz CT molecular complexity index is 215. The van der Waals surface area contributed by atoms with Gasteiger partial charge in [0.25, 0.3) is 0 Å². The van der Waals surface area contributed by atoms with Crippen LogP contribution in [0.3, 0.4) is 0 Å². The molecule has 2 atom stereocenters. The highest BCUT2D eigenvalue weighted by Gasteiger charge is 2.36. The van der Waals surface area contributed by atoms with Crippen LogP contribution in [-0.4, -0.2) is 25.3 Å². The van der Waals surface area contributed by atoms with Crippen molar-refractivity contribution in [2.24, 2.45) is 5.92 Å². The van der Waals surface area contributed by atoms with Gasteiger partial charge >= 0.3 is 0 Å². The van der Waals surface area contributed by atoms with Crippen LogP contribution in [0.1, 0.15) is 13.3 Å². The van der Waals surface area contributed by atoms with Gasteiger partial charge in [0, 0.05) is 19.1 Å². The molecule has 0 saturated carbocycles. The number of nitrogens with zero attached hydrogens (tertiary/aromatic N) is 1. The predicted octanol–water partition coefficient (Wildman–Crippen LogP) is 1.08. The third-order valence-electron chi connectivity index (χ3n) is 2.59. The first kappa shape index (κ1) is 10.2. The van der Waals surface area contributed by atoms with E-state index in [4.69, 9.17) is 10.00 Å². The van der Waals surface area contributed by atoms with Gasteiger partial charge < -0.3 is 4.74 Å². The summed E-state index contributed by atoms with van der Waals surface area (Å²) in [5.74, 6) is 0.303. The van der Waals surface area contributed by atoms with E-state index >= 15 is 0 Å². The van der Waals surface area contributed by atoms with Gasteiger partial charge in [-0.15, -0.1) is 6.58 Å². The van der Waals surface area contributed by atoms with E-state index in [1.807, 2.05) is 6.92 Å². The zero-order valence-corrected chi connectivity index (χ0v) is 8.05. The standard InChI is InChI=1S/C10H16N2O/c1-3-5-12-10(2,8-11)9-4-6-13-7-9/h3,9,12H,1,4-7H2,2H3. The Morgan fingerprint density at radius 1 is 1.85 bits per heavy atom. The summed E-state index contributed by atoms with van der Waals surface area (Å²) < 4.78 is 5.27. The van der Waals surface area contributed by atoms with Crippen molar-refractivity contribution in [1.29, 1.82) is 5.26 Å². The van der Waals surface area contributed by atoms with Crippen LogP contribution in [0.4, 0.5) is 0 Å². The van der Waals surface area contributed by atoms with Crippen LogP contribution in [0.25, 0.3) is 0 Å². The summed E-state index contributed by atoms with van der Waals surface area (Å²) >= 11 is 0. The second-order valence-corrected chi connectivity index (χ2v) is 3.54. The van der Waals surface area contributed by atoms with Crippen LogP contribution in [-0.2, 0) is 4.74 Å². The summed E-state index contributed by atoms with van der Waals surface area (Å²) in [6.45, 7) is 7.68. The van der Waals surface area contributed by atoms with Crippen molar-refractivity contribution < 1.29 is 4.74 Å². The molecule has 0 aromatic carbocycles. The fraction of sp³-hybridized carbons (Fsp3) is 0.700. The maximum absolute atomic E-state index is 9.07. The third-order valence-corrected chi connectivity index (χ3v) is 2.59. The Kier molecular flexibility index (Phi) is 3.47. The Morgan fingerprint density at radius 2 is 2.62 bits per heavy atom. The van der Waals surface area contributed by atoms with E-state index in [1.165, 1.54) is 0 Å². The van der Waals surface area contributed by atoms with Gasteiger partial charge in [0.05, 0.1) is 12.7 Å². The van der Waals surface area contributed by atoms with Gasteiger partial charge in [-0.2, -0.15) is 5.26 Å². The molecule has 0 spiro atoms. The zero-order valence-electron chi connectivity index (χ0n) is 8.05. The molecule has 0 aromatic heterocycles. The highest BCUT2D eigenvalue weighted by molar-refractivity contribution is 5.09.